The van der Waals surface area contributed by atoms with Gasteiger partial charge in [-0.25, -0.2) is 4.68 Å². The second-order valence-corrected chi connectivity index (χ2v) is 8.16. The number of rotatable bonds is 4. The third-order valence-electron chi connectivity index (χ3n) is 3.95. The second-order valence-electron chi connectivity index (χ2n) is 7.24. The highest BCUT2D eigenvalue weighted by Gasteiger charge is 2.20. The number of fused-ring (bicyclic) bond motifs is 1. The van der Waals surface area contributed by atoms with Crippen LogP contribution in [0.4, 0.5) is 11.6 Å². The van der Waals surface area contributed by atoms with Crippen molar-refractivity contribution in [3.05, 3.63) is 44.8 Å². The molecule has 0 saturated carbocycles. The maximum atomic E-state index is 12.3. The molecule has 0 aliphatic carbocycles. The molecule has 1 amide bonds. The van der Waals surface area contributed by atoms with Gasteiger partial charge < -0.3 is 10.6 Å². The van der Waals surface area contributed by atoms with Crippen LogP contribution in [0.2, 0.25) is 0 Å². The summed E-state index contributed by atoms with van der Waals surface area (Å²) in [6, 6.07) is 5.60. The fraction of sp³-hybridized carbons (Fsp3) is 0.333. The van der Waals surface area contributed by atoms with Gasteiger partial charge in [-0.2, -0.15) is 10.1 Å². The lowest BCUT2D eigenvalue weighted by atomic mass is 10.1. The highest BCUT2D eigenvalue weighted by Crippen LogP contribution is 2.20. The normalized spacial score (nSPS) is 11.6. The topological polar surface area (TPSA) is 105 Å². The lowest BCUT2D eigenvalue weighted by molar-refractivity contribution is -0.114. The summed E-state index contributed by atoms with van der Waals surface area (Å²) in [5.41, 5.74) is 1.52. The van der Waals surface area contributed by atoms with E-state index in [0.717, 1.165) is 15.7 Å². The number of aryl methyl sites for hydroxylation is 1. The molecule has 1 aromatic carbocycles. The van der Waals surface area contributed by atoms with E-state index in [2.05, 4.69) is 41.6 Å². The Hall–Kier alpha value is -2.68. The van der Waals surface area contributed by atoms with Gasteiger partial charge in [-0.1, -0.05) is 15.9 Å². The van der Waals surface area contributed by atoms with Crippen molar-refractivity contribution >= 4 is 44.5 Å². The summed E-state index contributed by atoms with van der Waals surface area (Å²) in [4.78, 5) is 31.5. The Bertz CT molecular complexity index is 1060. The molecular formula is C18H21BrN6O2. The van der Waals surface area contributed by atoms with Gasteiger partial charge >= 0.3 is 0 Å². The van der Waals surface area contributed by atoms with E-state index in [0.29, 0.717) is 11.0 Å². The molecule has 0 radical (unpaired) electrons. The van der Waals surface area contributed by atoms with Crippen molar-refractivity contribution in [2.75, 3.05) is 17.2 Å². The van der Waals surface area contributed by atoms with Gasteiger partial charge in [-0.3, -0.25) is 14.6 Å². The van der Waals surface area contributed by atoms with Crippen LogP contribution in [0.25, 0.3) is 11.0 Å². The molecule has 3 N–H and O–H groups in total. The average Bonchev–Trinajstić information content (AvgIpc) is 3.00. The number of nitrogens with zero attached hydrogens (tertiary/aromatic N) is 3. The zero-order chi connectivity index (χ0) is 19.8. The molecule has 0 aliphatic rings. The average molecular weight is 433 g/mol. The van der Waals surface area contributed by atoms with Crippen molar-refractivity contribution in [2.24, 2.45) is 0 Å². The predicted octanol–water partition coefficient (Wildman–Crippen LogP) is 3.00. The summed E-state index contributed by atoms with van der Waals surface area (Å²) in [6.07, 6.45) is 1.50. The van der Waals surface area contributed by atoms with Crippen LogP contribution in [0.15, 0.2) is 33.7 Å². The number of hydrogen-bond acceptors (Lipinski definition) is 5. The molecule has 0 aliphatic heterocycles. The van der Waals surface area contributed by atoms with Crippen molar-refractivity contribution < 1.29 is 4.79 Å². The van der Waals surface area contributed by atoms with Gasteiger partial charge in [0, 0.05) is 10.2 Å². The molecule has 0 atom stereocenters. The van der Waals surface area contributed by atoms with Gasteiger partial charge in [0.05, 0.1) is 18.3 Å². The van der Waals surface area contributed by atoms with Gasteiger partial charge in [-0.05, 0) is 51.5 Å². The van der Waals surface area contributed by atoms with Crippen LogP contribution in [0.1, 0.15) is 26.3 Å². The highest BCUT2D eigenvalue weighted by molar-refractivity contribution is 9.10. The Kier molecular flexibility index (Phi) is 5.05. The number of anilines is 2. The minimum Gasteiger partial charge on any atom is -0.347 e. The molecule has 3 rings (SSSR count). The first-order valence-electron chi connectivity index (χ1n) is 8.43. The number of nitrogens with one attached hydrogen (secondary N) is 3. The standard InChI is InChI=1S/C18H21BrN6O2/c1-10-7-11(19)5-6-13(10)22-14(26)9-20-17-23-15-12(16(27)24-17)8-21-25(15)18(2,3)4/h5-8H,9H2,1-4H3,(H,22,26)(H2,20,23,24,27). The third kappa shape index (κ3) is 4.19. The minimum atomic E-state index is -0.323. The first kappa shape index (κ1) is 19.1. The van der Waals surface area contributed by atoms with Crippen molar-refractivity contribution in [1.82, 2.24) is 19.7 Å². The Labute approximate surface area is 164 Å². The molecule has 142 valence electrons. The summed E-state index contributed by atoms with van der Waals surface area (Å²) in [5.74, 6) is -0.0197. The summed E-state index contributed by atoms with van der Waals surface area (Å²) in [7, 11) is 0. The fourth-order valence-electron chi connectivity index (χ4n) is 2.62. The van der Waals surface area contributed by atoms with E-state index < -0.39 is 0 Å². The molecule has 2 heterocycles. The molecule has 8 nitrogen and oxygen atoms in total. The largest absolute Gasteiger partial charge is 0.347 e. The lowest BCUT2D eigenvalue weighted by Gasteiger charge is -2.19. The molecule has 0 fully saturated rings. The summed E-state index contributed by atoms with van der Waals surface area (Å²) in [5, 5.41) is 10.4. The maximum Gasteiger partial charge on any atom is 0.263 e. The first-order chi connectivity index (χ1) is 12.6. The Morgan fingerprint density at radius 1 is 1.33 bits per heavy atom. The van der Waals surface area contributed by atoms with Gasteiger partial charge in [0.15, 0.2) is 5.65 Å². The van der Waals surface area contributed by atoms with Gasteiger partial charge in [0.25, 0.3) is 5.56 Å². The molecule has 0 spiro atoms. The summed E-state index contributed by atoms with van der Waals surface area (Å²) >= 11 is 3.39. The van der Waals surface area contributed by atoms with Crippen molar-refractivity contribution in [1.29, 1.82) is 0 Å². The van der Waals surface area contributed by atoms with E-state index in [1.807, 2.05) is 45.9 Å². The number of benzene rings is 1. The SMILES string of the molecule is Cc1cc(Br)ccc1NC(=O)CNc1nc2c(cnn2C(C)(C)C)c(=O)[nH]1. The van der Waals surface area contributed by atoms with Gasteiger partial charge in [0.1, 0.15) is 5.39 Å². The van der Waals surface area contributed by atoms with E-state index in [-0.39, 0.29) is 29.5 Å². The van der Waals surface area contributed by atoms with Crippen LogP contribution < -0.4 is 16.2 Å². The van der Waals surface area contributed by atoms with E-state index >= 15 is 0 Å². The molecule has 9 heteroatoms. The van der Waals surface area contributed by atoms with E-state index in [9.17, 15) is 9.59 Å². The number of aromatic nitrogens is 4. The molecule has 0 unspecified atom stereocenters. The fourth-order valence-corrected chi connectivity index (χ4v) is 3.09. The summed E-state index contributed by atoms with van der Waals surface area (Å²) < 4.78 is 2.63. The van der Waals surface area contributed by atoms with Crippen LogP contribution >= 0.6 is 15.9 Å². The number of halogens is 1. The number of carbonyl (C=O) groups is 1. The van der Waals surface area contributed by atoms with Crippen LogP contribution in [0.5, 0.6) is 0 Å². The van der Waals surface area contributed by atoms with E-state index in [1.54, 1.807) is 4.68 Å². The Balaban J connectivity index is 1.76. The number of H-pyrrole nitrogens is 1. The van der Waals surface area contributed by atoms with Crippen LogP contribution in [0.3, 0.4) is 0 Å². The van der Waals surface area contributed by atoms with Gasteiger partial charge in [-0.15, -0.1) is 0 Å². The quantitative estimate of drug-likeness (QED) is 0.587. The van der Waals surface area contributed by atoms with Crippen LogP contribution in [0, 0.1) is 6.92 Å². The predicted molar refractivity (Wildman–Crippen MR) is 109 cm³/mol. The lowest BCUT2D eigenvalue weighted by Crippen LogP contribution is -2.26. The van der Waals surface area contributed by atoms with Crippen molar-refractivity contribution in [3.8, 4) is 0 Å². The van der Waals surface area contributed by atoms with Crippen LogP contribution in [-0.2, 0) is 10.3 Å². The zero-order valence-corrected chi connectivity index (χ0v) is 17.1. The third-order valence-corrected chi connectivity index (χ3v) is 4.45. The van der Waals surface area contributed by atoms with E-state index in [1.165, 1.54) is 6.20 Å². The number of hydrogen-bond donors (Lipinski definition) is 3. The molecule has 0 bridgehead atoms. The first-order valence-corrected chi connectivity index (χ1v) is 9.23. The molecule has 2 aromatic heterocycles. The molecule has 0 saturated heterocycles. The Morgan fingerprint density at radius 3 is 2.74 bits per heavy atom. The van der Waals surface area contributed by atoms with E-state index in [4.69, 9.17) is 0 Å². The number of carbonyl (C=O) groups excluding carboxylic acids is 1. The molecule has 27 heavy (non-hydrogen) atoms. The number of aromatic amines is 1. The Morgan fingerprint density at radius 2 is 2.07 bits per heavy atom. The van der Waals surface area contributed by atoms with Gasteiger partial charge in [0.2, 0.25) is 11.9 Å². The summed E-state index contributed by atoms with van der Waals surface area (Å²) in [6.45, 7) is 7.80. The van der Waals surface area contributed by atoms with Crippen molar-refractivity contribution in [3.63, 3.8) is 0 Å². The molecule has 3 aromatic rings. The highest BCUT2D eigenvalue weighted by atomic mass is 79.9. The molecular weight excluding hydrogens is 412 g/mol. The second kappa shape index (κ2) is 7.15. The van der Waals surface area contributed by atoms with Crippen LogP contribution in [-0.4, -0.2) is 32.2 Å². The zero-order valence-electron chi connectivity index (χ0n) is 15.6. The van der Waals surface area contributed by atoms with Crippen molar-refractivity contribution in [2.45, 2.75) is 33.2 Å². The monoisotopic (exact) mass is 432 g/mol. The number of amides is 1. The maximum absolute atomic E-state index is 12.3. The minimum absolute atomic E-state index is 0.0341. The smallest absolute Gasteiger partial charge is 0.263 e.